The van der Waals surface area contributed by atoms with Crippen LogP contribution in [0, 0.1) is 5.82 Å². The second kappa shape index (κ2) is 10.9. The maximum absolute atomic E-state index is 13.7. The highest BCUT2D eigenvalue weighted by atomic mass is 35.5. The molecule has 9 heteroatoms. The van der Waals surface area contributed by atoms with Gasteiger partial charge in [-0.15, -0.1) is 0 Å². The lowest BCUT2D eigenvalue weighted by molar-refractivity contribution is -0.125. The van der Waals surface area contributed by atoms with E-state index in [1.807, 2.05) is 12.1 Å². The van der Waals surface area contributed by atoms with E-state index in [1.54, 1.807) is 30.4 Å². The molecular weight excluding hydrogens is 425 g/mol. The van der Waals surface area contributed by atoms with Crippen LogP contribution in [0.25, 0.3) is 0 Å². The lowest BCUT2D eigenvalue weighted by Gasteiger charge is -2.31. The number of hydrogen-bond acceptors (Lipinski definition) is 4. The predicted octanol–water partition coefficient (Wildman–Crippen LogP) is 2.99. The summed E-state index contributed by atoms with van der Waals surface area (Å²) in [7, 11) is 0. The molecule has 3 atom stereocenters. The first-order valence-corrected chi connectivity index (χ1v) is 10.1. The summed E-state index contributed by atoms with van der Waals surface area (Å²) in [4.78, 5) is 24.4. The summed E-state index contributed by atoms with van der Waals surface area (Å²) in [6.45, 7) is -0.00581. The standard InChI is InChI=1S/C22H23ClFN3O4/c23-15-7-5-14(6-8-15)12-25-21(29)11-16-9-10-19(20(13-28)31-16)27-22(30)26-18-4-2-1-3-17(18)24/h1-10,16,19-20,28H,11-13H2,(H,25,29)(H2,26,27,30)/t16-,19+,20-/m1/s1. The van der Waals surface area contributed by atoms with Crippen molar-refractivity contribution in [3.8, 4) is 0 Å². The molecule has 0 unspecified atom stereocenters. The molecule has 1 aliphatic heterocycles. The van der Waals surface area contributed by atoms with Gasteiger partial charge in [0.15, 0.2) is 0 Å². The lowest BCUT2D eigenvalue weighted by Crippen LogP contribution is -2.50. The number of aliphatic hydroxyl groups excluding tert-OH is 1. The zero-order chi connectivity index (χ0) is 22.2. The summed E-state index contributed by atoms with van der Waals surface area (Å²) in [5.74, 6) is -0.776. The molecule has 0 spiro atoms. The summed E-state index contributed by atoms with van der Waals surface area (Å²) in [5.41, 5.74) is 0.952. The van der Waals surface area contributed by atoms with Crippen molar-refractivity contribution in [1.29, 1.82) is 0 Å². The fourth-order valence-corrected chi connectivity index (χ4v) is 3.19. The maximum atomic E-state index is 13.7. The highest BCUT2D eigenvalue weighted by molar-refractivity contribution is 6.30. The minimum Gasteiger partial charge on any atom is -0.394 e. The van der Waals surface area contributed by atoms with E-state index in [1.165, 1.54) is 18.2 Å². The van der Waals surface area contributed by atoms with Crippen molar-refractivity contribution >= 4 is 29.2 Å². The number of carbonyl (C=O) groups excluding carboxylic acids is 2. The molecular formula is C22H23ClFN3O4. The minimum atomic E-state index is -0.745. The summed E-state index contributed by atoms with van der Waals surface area (Å²) in [6, 6.07) is 11.7. The van der Waals surface area contributed by atoms with Crippen molar-refractivity contribution in [1.82, 2.24) is 10.6 Å². The van der Waals surface area contributed by atoms with Crippen molar-refractivity contribution < 1.29 is 23.8 Å². The number of halogens is 2. The third kappa shape index (κ3) is 6.78. The summed E-state index contributed by atoms with van der Waals surface area (Å²) >= 11 is 5.84. The van der Waals surface area contributed by atoms with Crippen LogP contribution in [-0.2, 0) is 16.1 Å². The van der Waals surface area contributed by atoms with Gasteiger partial charge in [-0.2, -0.15) is 0 Å². The number of hydrogen-bond donors (Lipinski definition) is 4. The molecule has 1 aliphatic rings. The van der Waals surface area contributed by atoms with Crippen LogP contribution in [0.1, 0.15) is 12.0 Å². The molecule has 0 saturated heterocycles. The number of para-hydroxylation sites is 1. The second-order valence-electron chi connectivity index (χ2n) is 6.99. The van der Waals surface area contributed by atoms with Crippen LogP contribution in [0.15, 0.2) is 60.7 Å². The average molecular weight is 448 g/mol. The Morgan fingerprint density at radius 3 is 2.55 bits per heavy atom. The van der Waals surface area contributed by atoms with E-state index in [4.69, 9.17) is 16.3 Å². The first-order valence-electron chi connectivity index (χ1n) is 9.72. The third-order valence-electron chi connectivity index (χ3n) is 4.67. The molecule has 2 aromatic rings. The monoisotopic (exact) mass is 447 g/mol. The average Bonchev–Trinajstić information content (AvgIpc) is 2.76. The molecule has 0 radical (unpaired) electrons. The Labute approximate surface area is 184 Å². The number of carbonyl (C=O) groups is 2. The fourth-order valence-electron chi connectivity index (χ4n) is 3.07. The number of nitrogens with one attached hydrogen (secondary N) is 3. The van der Waals surface area contributed by atoms with Crippen molar-refractivity contribution in [2.24, 2.45) is 0 Å². The molecule has 0 aromatic heterocycles. The van der Waals surface area contributed by atoms with E-state index in [0.29, 0.717) is 11.6 Å². The number of urea groups is 1. The second-order valence-corrected chi connectivity index (χ2v) is 7.43. The Morgan fingerprint density at radius 1 is 1.10 bits per heavy atom. The molecule has 31 heavy (non-hydrogen) atoms. The Kier molecular flexibility index (Phi) is 8.00. The molecule has 3 amide bonds. The van der Waals surface area contributed by atoms with Gasteiger partial charge in [-0.3, -0.25) is 4.79 Å². The van der Waals surface area contributed by atoms with Crippen molar-refractivity contribution in [3.63, 3.8) is 0 Å². The Morgan fingerprint density at radius 2 is 1.84 bits per heavy atom. The number of anilines is 1. The van der Waals surface area contributed by atoms with Gasteiger partial charge in [-0.05, 0) is 29.8 Å². The van der Waals surface area contributed by atoms with Gasteiger partial charge in [-0.1, -0.05) is 48.0 Å². The zero-order valence-electron chi connectivity index (χ0n) is 16.6. The fraction of sp³-hybridized carbons (Fsp3) is 0.273. The number of aliphatic hydroxyl groups is 1. The van der Waals surface area contributed by atoms with Gasteiger partial charge in [0.25, 0.3) is 0 Å². The topological polar surface area (TPSA) is 99.7 Å². The molecule has 0 bridgehead atoms. The zero-order valence-corrected chi connectivity index (χ0v) is 17.3. The smallest absolute Gasteiger partial charge is 0.319 e. The normalized spacial score (nSPS) is 20.2. The summed E-state index contributed by atoms with van der Waals surface area (Å²) in [6.07, 6.45) is 2.08. The van der Waals surface area contributed by atoms with Crippen LogP contribution >= 0.6 is 11.6 Å². The number of benzene rings is 2. The first-order chi connectivity index (χ1) is 14.9. The van der Waals surface area contributed by atoms with Gasteiger partial charge < -0.3 is 25.8 Å². The minimum absolute atomic E-state index is 0.0384. The lowest BCUT2D eigenvalue weighted by atomic mass is 10.0. The molecule has 7 nitrogen and oxygen atoms in total. The highest BCUT2D eigenvalue weighted by Gasteiger charge is 2.29. The van der Waals surface area contributed by atoms with Crippen molar-refractivity contribution in [2.75, 3.05) is 11.9 Å². The van der Waals surface area contributed by atoms with Crippen LogP contribution in [0.4, 0.5) is 14.9 Å². The molecule has 0 aliphatic carbocycles. The Bertz CT molecular complexity index is 939. The summed E-state index contributed by atoms with van der Waals surface area (Å²) in [5, 5.41) is 18.1. The number of rotatable bonds is 7. The molecule has 2 aromatic carbocycles. The van der Waals surface area contributed by atoms with Gasteiger partial charge in [0.2, 0.25) is 5.91 Å². The van der Waals surface area contributed by atoms with Crippen LogP contribution in [0.3, 0.4) is 0 Å². The molecule has 0 fully saturated rings. The van der Waals surface area contributed by atoms with E-state index in [-0.39, 0.29) is 24.6 Å². The maximum Gasteiger partial charge on any atom is 0.319 e. The number of amides is 3. The molecule has 1 heterocycles. The van der Waals surface area contributed by atoms with E-state index in [9.17, 15) is 19.1 Å². The molecule has 0 saturated carbocycles. The van der Waals surface area contributed by atoms with Gasteiger partial charge in [0.1, 0.15) is 11.9 Å². The summed E-state index contributed by atoms with van der Waals surface area (Å²) < 4.78 is 19.4. The van der Waals surface area contributed by atoms with Crippen molar-refractivity contribution in [3.05, 3.63) is 77.1 Å². The first kappa shape index (κ1) is 22.7. The van der Waals surface area contributed by atoms with E-state index in [0.717, 1.165) is 5.56 Å². The molecule has 3 rings (SSSR count). The quantitative estimate of drug-likeness (QED) is 0.490. The van der Waals surface area contributed by atoms with E-state index >= 15 is 0 Å². The number of ether oxygens (including phenoxy) is 1. The Hall–Kier alpha value is -2.94. The van der Waals surface area contributed by atoms with Crippen LogP contribution < -0.4 is 16.0 Å². The van der Waals surface area contributed by atoms with Crippen LogP contribution in [0.2, 0.25) is 5.02 Å². The predicted molar refractivity (Wildman–Crippen MR) is 115 cm³/mol. The largest absolute Gasteiger partial charge is 0.394 e. The molecule has 4 N–H and O–H groups in total. The highest BCUT2D eigenvalue weighted by Crippen LogP contribution is 2.17. The Balaban J connectivity index is 1.49. The third-order valence-corrected chi connectivity index (χ3v) is 4.92. The van der Waals surface area contributed by atoms with Gasteiger partial charge in [-0.25, -0.2) is 9.18 Å². The van der Waals surface area contributed by atoms with Crippen LogP contribution in [-0.4, -0.2) is 41.9 Å². The van der Waals surface area contributed by atoms with E-state index < -0.39 is 30.1 Å². The molecule has 164 valence electrons. The van der Waals surface area contributed by atoms with Crippen LogP contribution in [0.5, 0.6) is 0 Å². The van der Waals surface area contributed by atoms with Gasteiger partial charge in [0.05, 0.1) is 30.9 Å². The van der Waals surface area contributed by atoms with Crippen molar-refractivity contribution in [2.45, 2.75) is 31.2 Å². The van der Waals surface area contributed by atoms with Gasteiger partial charge in [0, 0.05) is 11.6 Å². The van der Waals surface area contributed by atoms with Gasteiger partial charge >= 0.3 is 6.03 Å². The SMILES string of the molecule is O=C(C[C@H]1C=C[C@H](NC(=O)Nc2ccccc2F)[C@@H](CO)O1)NCc1ccc(Cl)cc1. The van der Waals surface area contributed by atoms with E-state index in [2.05, 4.69) is 16.0 Å².